The molecule has 1 saturated heterocycles. The molecule has 0 bridgehead atoms. The van der Waals surface area contributed by atoms with E-state index in [1.54, 1.807) is 0 Å². The van der Waals surface area contributed by atoms with Crippen LogP contribution in [0.1, 0.15) is 40.5 Å². The molecule has 0 aliphatic carbocycles. The predicted octanol–water partition coefficient (Wildman–Crippen LogP) is 1.27. The molecule has 1 N–H and O–H groups in total. The van der Waals surface area contributed by atoms with Crippen molar-refractivity contribution < 1.29 is 4.79 Å². The first kappa shape index (κ1) is 14.5. The summed E-state index contributed by atoms with van der Waals surface area (Å²) in [7, 11) is 2.11. The summed E-state index contributed by atoms with van der Waals surface area (Å²) >= 11 is 0. The van der Waals surface area contributed by atoms with Crippen molar-refractivity contribution in [2.75, 3.05) is 20.1 Å². The molecule has 4 nitrogen and oxygen atoms in total. The molecule has 17 heavy (non-hydrogen) atoms. The van der Waals surface area contributed by atoms with Crippen molar-refractivity contribution in [2.24, 2.45) is 0 Å². The van der Waals surface area contributed by atoms with Gasteiger partial charge in [0, 0.05) is 19.1 Å². The van der Waals surface area contributed by atoms with E-state index >= 15 is 0 Å². The van der Waals surface area contributed by atoms with Crippen molar-refractivity contribution >= 4 is 5.91 Å². The Morgan fingerprint density at radius 2 is 2.00 bits per heavy atom. The molecule has 0 spiro atoms. The van der Waals surface area contributed by atoms with Gasteiger partial charge in [-0.15, -0.1) is 0 Å². The lowest BCUT2D eigenvalue weighted by Gasteiger charge is -2.27. The Hall–Kier alpha value is -0.610. The van der Waals surface area contributed by atoms with E-state index in [2.05, 4.69) is 45.0 Å². The Balaban J connectivity index is 2.53. The van der Waals surface area contributed by atoms with Crippen LogP contribution >= 0.6 is 0 Å². The summed E-state index contributed by atoms with van der Waals surface area (Å²) in [4.78, 5) is 16.4. The summed E-state index contributed by atoms with van der Waals surface area (Å²) in [5, 5.41) is 3.40. The summed E-state index contributed by atoms with van der Waals surface area (Å²) in [5.41, 5.74) is 0. The molecule has 0 aromatic rings. The molecule has 0 aromatic heterocycles. The van der Waals surface area contributed by atoms with Crippen molar-refractivity contribution in [1.82, 2.24) is 15.1 Å². The fourth-order valence-electron chi connectivity index (χ4n) is 2.17. The Kier molecular flexibility index (Phi) is 5.40. The first-order chi connectivity index (χ1) is 8.01. The number of hydrogen-bond acceptors (Lipinski definition) is 3. The lowest BCUT2D eigenvalue weighted by Crippen LogP contribution is -2.42. The van der Waals surface area contributed by atoms with Gasteiger partial charge in [-0.25, -0.2) is 0 Å². The van der Waals surface area contributed by atoms with Crippen molar-refractivity contribution in [3.8, 4) is 0 Å². The molecule has 100 valence electrons. The highest BCUT2D eigenvalue weighted by molar-refractivity contribution is 5.84. The smallest absolute Gasteiger partial charge is 0.241 e. The normalized spacial score (nSPS) is 25.4. The Bertz CT molecular complexity index is 255. The van der Waals surface area contributed by atoms with Crippen molar-refractivity contribution in [3.63, 3.8) is 0 Å². The second-order valence-corrected chi connectivity index (χ2v) is 5.16. The number of carbonyl (C=O) groups excluding carboxylic acids is 1. The zero-order chi connectivity index (χ0) is 13.0. The maximum Gasteiger partial charge on any atom is 0.241 e. The van der Waals surface area contributed by atoms with Crippen molar-refractivity contribution in [1.29, 1.82) is 0 Å². The maximum atomic E-state index is 12.1. The molecule has 0 aromatic carbocycles. The van der Waals surface area contributed by atoms with Gasteiger partial charge in [-0.05, 0) is 33.7 Å². The monoisotopic (exact) mass is 241 g/mol. The predicted molar refractivity (Wildman–Crippen MR) is 70.8 cm³/mol. The molecule has 2 atom stereocenters. The maximum absolute atomic E-state index is 12.1. The van der Waals surface area contributed by atoms with E-state index in [0.29, 0.717) is 6.04 Å². The first-order valence-electron chi connectivity index (χ1n) is 6.78. The van der Waals surface area contributed by atoms with Gasteiger partial charge in [0.25, 0.3) is 0 Å². The number of nitrogens with one attached hydrogen (secondary N) is 1. The second-order valence-electron chi connectivity index (χ2n) is 5.16. The minimum Gasteiger partial charge on any atom is -0.325 e. The Morgan fingerprint density at radius 1 is 1.35 bits per heavy atom. The van der Waals surface area contributed by atoms with Gasteiger partial charge >= 0.3 is 0 Å². The Morgan fingerprint density at radius 3 is 2.47 bits per heavy atom. The molecule has 0 saturated carbocycles. The molecule has 0 radical (unpaired) electrons. The van der Waals surface area contributed by atoms with Crippen LogP contribution in [-0.4, -0.2) is 54.1 Å². The quantitative estimate of drug-likeness (QED) is 0.761. The van der Waals surface area contributed by atoms with Gasteiger partial charge in [0.2, 0.25) is 5.91 Å². The molecule has 2 unspecified atom stereocenters. The summed E-state index contributed by atoms with van der Waals surface area (Å²) in [5.74, 6) is 0.275. The first-order valence-corrected chi connectivity index (χ1v) is 6.78. The van der Waals surface area contributed by atoms with Gasteiger partial charge < -0.3 is 9.80 Å². The van der Waals surface area contributed by atoms with E-state index in [1.165, 1.54) is 0 Å². The van der Waals surface area contributed by atoms with Crippen LogP contribution < -0.4 is 5.32 Å². The fraction of sp³-hybridized carbons (Fsp3) is 0.923. The molecule has 1 rings (SSSR count). The van der Waals surface area contributed by atoms with Crippen LogP contribution in [0.5, 0.6) is 0 Å². The fourth-order valence-corrected chi connectivity index (χ4v) is 2.17. The average Bonchev–Trinajstić information content (AvgIpc) is 2.62. The third kappa shape index (κ3) is 3.42. The largest absolute Gasteiger partial charge is 0.325 e. The number of hydrogen-bond donors (Lipinski definition) is 1. The molecule has 4 heteroatoms. The van der Waals surface area contributed by atoms with Crippen LogP contribution in [-0.2, 0) is 4.79 Å². The number of amides is 1. The van der Waals surface area contributed by atoms with E-state index in [-0.39, 0.29) is 18.1 Å². The molecular weight excluding hydrogens is 214 g/mol. The van der Waals surface area contributed by atoms with Gasteiger partial charge in [0.15, 0.2) is 0 Å². The lowest BCUT2D eigenvalue weighted by molar-refractivity contribution is -0.130. The van der Waals surface area contributed by atoms with Gasteiger partial charge in [-0.3, -0.25) is 10.1 Å². The topological polar surface area (TPSA) is 35.6 Å². The van der Waals surface area contributed by atoms with Crippen LogP contribution in [0.3, 0.4) is 0 Å². The molecular formula is C13H27N3O. The van der Waals surface area contributed by atoms with Crippen LogP contribution in [0.15, 0.2) is 0 Å². The van der Waals surface area contributed by atoms with Gasteiger partial charge in [0.1, 0.15) is 0 Å². The highest BCUT2D eigenvalue weighted by atomic mass is 16.2. The third-order valence-electron chi connectivity index (χ3n) is 3.72. The minimum absolute atomic E-state index is 0.0318. The molecule has 1 amide bonds. The van der Waals surface area contributed by atoms with E-state index in [9.17, 15) is 4.79 Å². The van der Waals surface area contributed by atoms with Crippen molar-refractivity contribution in [3.05, 3.63) is 0 Å². The van der Waals surface area contributed by atoms with Crippen LogP contribution in [0, 0.1) is 0 Å². The minimum atomic E-state index is 0.0318. The SMILES string of the molecule is CCC1NC(CC)N(CCN(C)C(C)C)C1=O. The number of rotatable bonds is 6. The van der Waals surface area contributed by atoms with E-state index < -0.39 is 0 Å². The third-order valence-corrected chi connectivity index (χ3v) is 3.72. The molecule has 1 aliphatic heterocycles. The van der Waals surface area contributed by atoms with Gasteiger partial charge in [0.05, 0.1) is 12.2 Å². The van der Waals surface area contributed by atoms with Crippen molar-refractivity contribution in [2.45, 2.75) is 58.8 Å². The summed E-state index contributed by atoms with van der Waals surface area (Å²) in [6.07, 6.45) is 2.09. The standard InChI is InChI=1S/C13H27N3O/c1-6-11-13(17)16(12(7-2)14-11)9-8-15(5)10(3)4/h10-12,14H,6-9H2,1-5H3. The van der Waals surface area contributed by atoms with Gasteiger partial charge in [-0.2, -0.15) is 0 Å². The summed E-state index contributed by atoms with van der Waals surface area (Å²) < 4.78 is 0. The van der Waals surface area contributed by atoms with Crippen LogP contribution in [0.4, 0.5) is 0 Å². The highest BCUT2D eigenvalue weighted by Crippen LogP contribution is 2.15. The Labute approximate surface area is 105 Å². The van der Waals surface area contributed by atoms with Crippen LogP contribution in [0.2, 0.25) is 0 Å². The molecule has 1 fully saturated rings. The highest BCUT2D eigenvalue weighted by Gasteiger charge is 2.36. The zero-order valence-corrected chi connectivity index (χ0v) is 11.9. The number of nitrogens with zero attached hydrogens (tertiary/aromatic N) is 2. The number of carbonyl (C=O) groups is 1. The molecule has 1 heterocycles. The summed E-state index contributed by atoms with van der Waals surface area (Å²) in [6, 6.07) is 0.562. The van der Waals surface area contributed by atoms with Crippen LogP contribution in [0.25, 0.3) is 0 Å². The van der Waals surface area contributed by atoms with E-state index in [4.69, 9.17) is 0 Å². The average molecular weight is 241 g/mol. The molecule has 1 aliphatic rings. The van der Waals surface area contributed by atoms with E-state index in [0.717, 1.165) is 25.9 Å². The summed E-state index contributed by atoms with van der Waals surface area (Å²) in [6.45, 7) is 10.3. The van der Waals surface area contributed by atoms with E-state index in [1.807, 2.05) is 4.90 Å². The van der Waals surface area contributed by atoms with Gasteiger partial charge in [-0.1, -0.05) is 13.8 Å². The number of likely N-dealkylation sites (N-methyl/N-ethyl adjacent to an activating group) is 1. The zero-order valence-electron chi connectivity index (χ0n) is 11.9. The second kappa shape index (κ2) is 6.36. The lowest BCUT2D eigenvalue weighted by atomic mass is 10.2.